The Balaban J connectivity index is 3.69. The van der Waals surface area contributed by atoms with E-state index in [-0.39, 0.29) is 12.5 Å². The van der Waals surface area contributed by atoms with Crippen LogP contribution in [0.4, 0.5) is 0 Å². The first-order valence-corrected chi connectivity index (χ1v) is 26.7. The third-order valence-corrected chi connectivity index (χ3v) is 11.0. The molecule has 4 nitrogen and oxygen atoms in total. The lowest BCUT2D eigenvalue weighted by Gasteiger charge is -2.19. The van der Waals surface area contributed by atoms with E-state index in [1.165, 1.54) is 70.6 Å². The molecule has 0 aromatic carbocycles. The topological polar surface area (TPSA) is 69.6 Å². The first-order chi connectivity index (χ1) is 32.7. The lowest BCUT2D eigenvalue weighted by molar-refractivity contribution is -0.123. The summed E-state index contributed by atoms with van der Waals surface area (Å²) < 4.78 is 0. The third-order valence-electron chi connectivity index (χ3n) is 11.0. The summed E-state index contributed by atoms with van der Waals surface area (Å²) in [6.07, 6.45) is 89.5. The van der Waals surface area contributed by atoms with Crippen molar-refractivity contribution in [3.8, 4) is 0 Å². The van der Waals surface area contributed by atoms with Gasteiger partial charge in [-0.25, -0.2) is 0 Å². The van der Waals surface area contributed by atoms with E-state index < -0.39 is 12.1 Å². The number of hydrogen-bond donors (Lipinski definition) is 3. The molecule has 370 valence electrons. The smallest absolute Gasteiger partial charge is 0.220 e. The van der Waals surface area contributed by atoms with Gasteiger partial charge in [0, 0.05) is 6.42 Å². The molecule has 0 saturated heterocycles. The van der Waals surface area contributed by atoms with Gasteiger partial charge >= 0.3 is 0 Å². The normalized spacial score (nSPS) is 14.2. The molecule has 0 rings (SSSR count). The van der Waals surface area contributed by atoms with E-state index in [0.717, 1.165) is 116 Å². The first-order valence-electron chi connectivity index (χ1n) is 26.7. The Hall–Kier alpha value is -3.99. The molecule has 2 atom stereocenters. The average Bonchev–Trinajstić information content (AvgIpc) is 3.32. The molecule has 0 bridgehead atoms. The van der Waals surface area contributed by atoms with Crippen molar-refractivity contribution >= 4 is 5.91 Å². The number of nitrogens with one attached hydrogen (secondary N) is 1. The van der Waals surface area contributed by atoms with Crippen molar-refractivity contribution < 1.29 is 15.0 Å². The molecule has 0 heterocycles. The van der Waals surface area contributed by atoms with Crippen molar-refractivity contribution in [3.05, 3.63) is 158 Å². The summed E-state index contributed by atoms with van der Waals surface area (Å²) in [6.45, 7) is 4.14. The molecule has 0 aliphatic carbocycles. The largest absolute Gasteiger partial charge is 0.394 e. The van der Waals surface area contributed by atoms with Crippen molar-refractivity contribution in [1.82, 2.24) is 5.32 Å². The number of aliphatic hydroxyl groups excluding tert-OH is 2. The van der Waals surface area contributed by atoms with Gasteiger partial charge in [0.25, 0.3) is 0 Å². The number of hydrogen-bond acceptors (Lipinski definition) is 3. The van der Waals surface area contributed by atoms with Gasteiger partial charge in [0.15, 0.2) is 0 Å². The fourth-order valence-corrected chi connectivity index (χ4v) is 6.94. The van der Waals surface area contributed by atoms with Gasteiger partial charge in [-0.05, 0) is 122 Å². The molecule has 0 aromatic rings. The molecule has 1 amide bonds. The Morgan fingerprint density at radius 1 is 0.379 bits per heavy atom. The molecule has 0 aliphatic rings. The SMILES string of the molecule is CC/C=C\C/C=C\C/C=C\C/C=C\C/C=C\C/C=C\C/C=C\C/C=C\C/C=C\C/C=C\CCCCCCCCCCC(=O)NC(CO)C(O)/C=C/CC/C=C/CC/C=C/CCCCCCC. The van der Waals surface area contributed by atoms with Crippen LogP contribution in [0.1, 0.15) is 206 Å². The fourth-order valence-electron chi connectivity index (χ4n) is 6.94. The Bertz CT molecular complexity index is 1440. The van der Waals surface area contributed by atoms with Gasteiger partial charge in [0.2, 0.25) is 5.91 Å². The molecule has 0 spiro atoms. The minimum Gasteiger partial charge on any atom is -0.394 e. The zero-order valence-electron chi connectivity index (χ0n) is 42.4. The van der Waals surface area contributed by atoms with Crippen LogP contribution in [-0.2, 0) is 4.79 Å². The van der Waals surface area contributed by atoms with Gasteiger partial charge in [-0.2, -0.15) is 0 Å². The second-order valence-corrected chi connectivity index (χ2v) is 17.2. The van der Waals surface area contributed by atoms with E-state index in [1.54, 1.807) is 6.08 Å². The Morgan fingerprint density at radius 3 is 1.06 bits per heavy atom. The Kier molecular flexibility index (Phi) is 52.0. The van der Waals surface area contributed by atoms with Crippen LogP contribution in [0.3, 0.4) is 0 Å². The molecule has 66 heavy (non-hydrogen) atoms. The van der Waals surface area contributed by atoms with Crippen LogP contribution in [0, 0.1) is 0 Å². The maximum absolute atomic E-state index is 12.4. The van der Waals surface area contributed by atoms with Gasteiger partial charge in [-0.1, -0.05) is 236 Å². The van der Waals surface area contributed by atoms with Crippen LogP contribution in [0.15, 0.2) is 158 Å². The Morgan fingerprint density at radius 2 is 0.682 bits per heavy atom. The molecule has 3 N–H and O–H groups in total. The number of carbonyl (C=O) groups excluding carboxylic acids is 1. The van der Waals surface area contributed by atoms with Gasteiger partial charge in [0.05, 0.1) is 18.8 Å². The molecule has 4 heteroatoms. The highest BCUT2D eigenvalue weighted by atomic mass is 16.3. The molecule has 0 fully saturated rings. The maximum Gasteiger partial charge on any atom is 0.220 e. The monoisotopic (exact) mass is 906 g/mol. The second kappa shape index (κ2) is 55.3. The van der Waals surface area contributed by atoms with Gasteiger partial charge in [-0.15, -0.1) is 0 Å². The number of aliphatic hydroxyl groups is 2. The van der Waals surface area contributed by atoms with Crippen LogP contribution in [0.5, 0.6) is 0 Å². The van der Waals surface area contributed by atoms with E-state index in [1.807, 2.05) is 6.08 Å². The van der Waals surface area contributed by atoms with E-state index >= 15 is 0 Å². The van der Waals surface area contributed by atoms with Crippen molar-refractivity contribution in [1.29, 1.82) is 0 Å². The van der Waals surface area contributed by atoms with Crippen LogP contribution in [-0.4, -0.2) is 34.9 Å². The minimum absolute atomic E-state index is 0.0947. The van der Waals surface area contributed by atoms with Crippen LogP contribution in [0.25, 0.3) is 0 Å². The molecule has 0 saturated carbocycles. The zero-order chi connectivity index (χ0) is 47.7. The summed E-state index contributed by atoms with van der Waals surface area (Å²) in [5, 5.41) is 23.0. The maximum atomic E-state index is 12.4. The summed E-state index contributed by atoms with van der Waals surface area (Å²) in [7, 11) is 0. The lowest BCUT2D eigenvalue weighted by atomic mass is 10.1. The number of amides is 1. The summed E-state index contributed by atoms with van der Waals surface area (Å²) in [5.41, 5.74) is 0. The van der Waals surface area contributed by atoms with Crippen LogP contribution < -0.4 is 5.32 Å². The summed E-state index contributed by atoms with van der Waals surface area (Å²) in [5.74, 6) is -0.0947. The minimum atomic E-state index is -0.884. The third kappa shape index (κ3) is 51.0. The molecule has 0 aliphatic heterocycles. The van der Waals surface area contributed by atoms with Crippen molar-refractivity contribution in [3.63, 3.8) is 0 Å². The van der Waals surface area contributed by atoms with Gasteiger partial charge in [0.1, 0.15) is 0 Å². The summed E-state index contributed by atoms with van der Waals surface area (Å²) in [4.78, 5) is 12.4. The fraction of sp³-hybridized carbons (Fsp3) is 0.565. The van der Waals surface area contributed by atoms with E-state index in [9.17, 15) is 15.0 Å². The molecular weight excluding hydrogens is 807 g/mol. The number of rotatable bonds is 46. The number of unbranched alkanes of at least 4 members (excludes halogenated alkanes) is 15. The number of allylic oxidation sites excluding steroid dienone is 25. The molecule has 0 radical (unpaired) electrons. The molecule has 0 aromatic heterocycles. The van der Waals surface area contributed by atoms with Crippen molar-refractivity contribution in [2.75, 3.05) is 6.61 Å². The first kappa shape index (κ1) is 62.0. The van der Waals surface area contributed by atoms with Gasteiger partial charge in [-0.3, -0.25) is 4.79 Å². The molecular formula is C62H99NO3. The van der Waals surface area contributed by atoms with Crippen molar-refractivity contribution in [2.24, 2.45) is 0 Å². The highest BCUT2D eigenvalue weighted by Gasteiger charge is 2.17. The highest BCUT2D eigenvalue weighted by Crippen LogP contribution is 2.12. The van der Waals surface area contributed by atoms with E-state index in [2.05, 4.69) is 165 Å². The summed E-state index contributed by atoms with van der Waals surface area (Å²) in [6, 6.07) is -0.661. The standard InChI is InChI=1S/C62H99NO3/c1-3-5-7-9-11-13-15-17-19-20-21-22-23-24-25-26-27-28-29-30-31-32-33-34-35-36-37-38-39-40-41-42-44-46-48-50-52-54-56-58-62(66)63-60(59-64)61(65)57-55-53-51-49-47-45-43-18-16-14-12-10-8-6-4-2/h5,7,11,13,16-19,21-22,24-25,27-28,30-31,33-34,36-37,39-40,47,49,55,57,60-61,64-65H,3-4,6,8-10,12,14-15,20,23,26,29,32,35,38,41-46,48,50-54,56,58-59H2,1-2H3,(H,63,66)/b7-5-,13-11-,18-16+,19-17-,22-21-,25-24-,28-27-,31-30-,34-33-,37-36-,40-39-,49-47+,57-55+. The predicted molar refractivity (Wildman–Crippen MR) is 294 cm³/mol. The highest BCUT2D eigenvalue weighted by molar-refractivity contribution is 5.76. The quantitative estimate of drug-likeness (QED) is 0.0421. The second-order valence-electron chi connectivity index (χ2n) is 17.2. The predicted octanol–water partition coefficient (Wildman–Crippen LogP) is 17.8. The molecule has 2 unspecified atom stereocenters. The van der Waals surface area contributed by atoms with Gasteiger partial charge < -0.3 is 15.5 Å². The Labute approximate surface area is 407 Å². The van der Waals surface area contributed by atoms with E-state index in [0.29, 0.717) is 6.42 Å². The van der Waals surface area contributed by atoms with Crippen LogP contribution in [0.2, 0.25) is 0 Å². The number of carbonyl (C=O) groups is 1. The lowest BCUT2D eigenvalue weighted by Crippen LogP contribution is -2.45. The zero-order valence-corrected chi connectivity index (χ0v) is 42.4. The summed E-state index contributed by atoms with van der Waals surface area (Å²) >= 11 is 0. The van der Waals surface area contributed by atoms with Crippen molar-refractivity contribution in [2.45, 2.75) is 219 Å². The van der Waals surface area contributed by atoms with Crippen LogP contribution >= 0.6 is 0 Å². The van der Waals surface area contributed by atoms with E-state index in [4.69, 9.17) is 0 Å². The average molecular weight is 906 g/mol.